The number of esters is 1. The molecule has 0 N–H and O–H groups in total. The molecular formula is C25H29N3O5S2. The maximum Gasteiger partial charge on any atom is 0.338 e. The number of aromatic nitrogens is 1. The molecule has 0 atom stereocenters. The second-order valence-corrected chi connectivity index (χ2v) is 10.9. The van der Waals surface area contributed by atoms with Crippen molar-refractivity contribution in [2.24, 2.45) is 4.99 Å². The molecule has 0 aliphatic heterocycles. The van der Waals surface area contributed by atoms with Crippen molar-refractivity contribution in [3.8, 4) is 0 Å². The molecule has 1 amide bonds. The van der Waals surface area contributed by atoms with Crippen LogP contribution in [0.3, 0.4) is 0 Å². The van der Waals surface area contributed by atoms with Gasteiger partial charge in [-0.2, -0.15) is 4.99 Å². The SMILES string of the molecule is C=CCn1c(=NC(=O)c2ccc(S(=O)(=O)N(C)CCCC)cc2)sc2cc(C(=O)OCC)ccc21. The highest BCUT2D eigenvalue weighted by atomic mass is 32.2. The van der Waals surface area contributed by atoms with Gasteiger partial charge in [-0.05, 0) is 55.8 Å². The number of thiazole rings is 1. The van der Waals surface area contributed by atoms with Gasteiger partial charge < -0.3 is 9.30 Å². The normalized spacial score (nSPS) is 12.3. The van der Waals surface area contributed by atoms with Crippen molar-refractivity contribution in [3.05, 3.63) is 71.0 Å². The first-order valence-corrected chi connectivity index (χ1v) is 13.6. The Morgan fingerprint density at radius 2 is 1.83 bits per heavy atom. The molecule has 186 valence electrons. The Morgan fingerprint density at radius 3 is 2.46 bits per heavy atom. The number of hydrogen-bond acceptors (Lipinski definition) is 6. The predicted octanol–water partition coefficient (Wildman–Crippen LogP) is 4.23. The molecular weight excluding hydrogens is 486 g/mol. The second kappa shape index (κ2) is 11.6. The van der Waals surface area contributed by atoms with Crippen molar-refractivity contribution in [2.75, 3.05) is 20.2 Å². The number of rotatable bonds is 10. The Labute approximate surface area is 209 Å². The number of sulfonamides is 1. The van der Waals surface area contributed by atoms with Crippen molar-refractivity contribution >= 4 is 43.5 Å². The number of ether oxygens (including phenoxy) is 1. The van der Waals surface area contributed by atoms with E-state index in [0.717, 1.165) is 23.1 Å². The lowest BCUT2D eigenvalue weighted by Crippen LogP contribution is -2.27. The fourth-order valence-electron chi connectivity index (χ4n) is 3.41. The average Bonchev–Trinajstić information content (AvgIpc) is 3.18. The van der Waals surface area contributed by atoms with E-state index in [4.69, 9.17) is 4.74 Å². The summed E-state index contributed by atoms with van der Waals surface area (Å²) in [5, 5.41) is 0. The topological polar surface area (TPSA) is 98.0 Å². The monoisotopic (exact) mass is 515 g/mol. The molecule has 0 aliphatic rings. The molecule has 0 saturated carbocycles. The van der Waals surface area contributed by atoms with Crippen LogP contribution in [0.15, 0.2) is 65.0 Å². The average molecular weight is 516 g/mol. The molecule has 0 fully saturated rings. The number of fused-ring (bicyclic) bond motifs is 1. The largest absolute Gasteiger partial charge is 0.462 e. The van der Waals surface area contributed by atoms with Gasteiger partial charge in [-0.3, -0.25) is 4.79 Å². The number of carbonyl (C=O) groups is 2. The first-order chi connectivity index (χ1) is 16.7. The summed E-state index contributed by atoms with van der Waals surface area (Å²) in [5.74, 6) is -0.911. The lowest BCUT2D eigenvalue weighted by atomic mass is 10.2. The summed E-state index contributed by atoms with van der Waals surface area (Å²) < 4.78 is 34.4. The number of nitrogens with zero attached hydrogens (tertiary/aromatic N) is 3. The molecule has 3 rings (SSSR count). The van der Waals surface area contributed by atoms with Crippen molar-refractivity contribution < 1.29 is 22.7 Å². The van der Waals surface area contributed by atoms with Crippen LogP contribution in [0.25, 0.3) is 10.2 Å². The third-order valence-electron chi connectivity index (χ3n) is 5.34. The van der Waals surface area contributed by atoms with Gasteiger partial charge >= 0.3 is 5.97 Å². The van der Waals surface area contributed by atoms with E-state index in [-0.39, 0.29) is 17.1 Å². The van der Waals surface area contributed by atoms with Crippen molar-refractivity contribution in [1.82, 2.24) is 8.87 Å². The third kappa shape index (κ3) is 5.95. The fourth-order valence-corrected chi connectivity index (χ4v) is 5.69. The molecule has 35 heavy (non-hydrogen) atoms. The van der Waals surface area contributed by atoms with Gasteiger partial charge in [0.05, 0.1) is 27.3 Å². The number of allylic oxidation sites excluding steroid dienone is 1. The molecule has 0 bridgehead atoms. The maximum absolute atomic E-state index is 12.9. The first kappa shape index (κ1) is 26.5. The zero-order chi connectivity index (χ0) is 25.6. The highest BCUT2D eigenvalue weighted by Crippen LogP contribution is 2.21. The molecule has 0 spiro atoms. The molecule has 0 unspecified atom stereocenters. The third-order valence-corrected chi connectivity index (χ3v) is 8.25. The van der Waals surface area contributed by atoms with Gasteiger partial charge in [0.25, 0.3) is 5.91 Å². The van der Waals surface area contributed by atoms with Crippen LogP contribution in [0.2, 0.25) is 0 Å². The summed E-state index contributed by atoms with van der Waals surface area (Å²) in [4.78, 5) is 29.9. The minimum absolute atomic E-state index is 0.128. The highest BCUT2D eigenvalue weighted by molar-refractivity contribution is 7.89. The fraction of sp³-hybridized carbons (Fsp3) is 0.320. The quantitative estimate of drug-likeness (QED) is 0.297. The standard InChI is InChI=1S/C25H29N3O5S2/c1-5-8-16-27(4)35(31,32)20-12-9-18(10-13-20)23(29)26-25-28(15-6-2)21-14-11-19(17-22(21)34-25)24(30)33-7-3/h6,9-14,17H,2,5,7-8,15-16H2,1,3-4H3. The summed E-state index contributed by atoms with van der Waals surface area (Å²) in [5.41, 5.74) is 1.51. The van der Waals surface area contributed by atoms with Gasteiger partial charge in [0.2, 0.25) is 10.0 Å². The zero-order valence-electron chi connectivity index (χ0n) is 20.1. The van der Waals surface area contributed by atoms with Gasteiger partial charge in [-0.1, -0.05) is 30.8 Å². The molecule has 1 aromatic heterocycles. The van der Waals surface area contributed by atoms with E-state index >= 15 is 0 Å². The smallest absolute Gasteiger partial charge is 0.338 e. The number of hydrogen-bond donors (Lipinski definition) is 0. The summed E-state index contributed by atoms with van der Waals surface area (Å²) in [6, 6.07) is 11.0. The molecule has 0 aliphatic carbocycles. The first-order valence-electron chi connectivity index (χ1n) is 11.3. The van der Waals surface area contributed by atoms with Crippen LogP contribution in [0.5, 0.6) is 0 Å². The Morgan fingerprint density at radius 1 is 1.14 bits per heavy atom. The Balaban J connectivity index is 1.95. The van der Waals surface area contributed by atoms with Gasteiger partial charge in [0.1, 0.15) is 0 Å². The minimum atomic E-state index is -3.62. The van der Waals surface area contributed by atoms with Crippen molar-refractivity contribution in [3.63, 3.8) is 0 Å². The summed E-state index contributed by atoms with van der Waals surface area (Å²) in [6.45, 7) is 8.66. The lowest BCUT2D eigenvalue weighted by molar-refractivity contribution is 0.0526. The van der Waals surface area contributed by atoms with Crippen molar-refractivity contribution in [1.29, 1.82) is 0 Å². The van der Waals surface area contributed by atoms with Crippen LogP contribution >= 0.6 is 11.3 Å². The lowest BCUT2D eigenvalue weighted by Gasteiger charge is -2.16. The van der Waals surface area contributed by atoms with E-state index in [9.17, 15) is 18.0 Å². The van der Waals surface area contributed by atoms with Crippen molar-refractivity contribution in [2.45, 2.75) is 38.1 Å². The molecule has 0 saturated heterocycles. The van der Waals surface area contributed by atoms with Crippen LogP contribution in [-0.2, 0) is 21.3 Å². The number of amides is 1. The van der Waals surface area contributed by atoms with Crippen LogP contribution < -0.4 is 4.80 Å². The van der Waals surface area contributed by atoms with Crippen LogP contribution in [0, 0.1) is 0 Å². The summed E-state index contributed by atoms with van der Waals surface area (Å²) in [7, 11) is -2.07. The molecule has 1 heterocycles. The van der Waals surface area contributed by atoms with Gasteiger partial charge in [-0.25, -0.2) is 17.5 Å². The van der Waals surface area contributed by atoms with E-state index < -0.39 is 21.9 Å². The van der Waals surface area contributed by atoms with E-state index in [1.165, 1.54) is 39.9 Å². The van der Waals surface area contributed by atoms with Gasteiger partial charge in [0, 0.05) is 25.7 Å². The van der Waals surface area contributed by atoms with E-state index in [1.54, 1.807) is 38.2 Å². The van der Waals surface area contributed by atoms with Crippen LogP contribution in [0.4, 0.5) is 0 Å². The van der Waals surface area contributed by atoms with Gasteiger partial charge in [-0.15, -0.1) is 6.58 Å². The molecule has 2 aromatic carbocycles. The number of carbonyl (C=O) groups excluding carboxylic acids is 2. The van der Waals surface area contributed by atoms with Gasteiger partial charge in [0.15, 0.2) is 4.80 Å². The molecule has 10 heteroatoms. The van der Waals surface area contributed by atoms with E-state index in [2.05, 4.69) is 11.6 Å². The Hall–Kier alpha value is -3.08. The minimum Gasteiger partial charge on any atom is -0.462 e. The Kier molecular flexibility index (Phi) is 8.76. The second-order valence-electron chi connectivity index (χ2n) is 7.81. The summed E-state index contributed by atoms with van der Waals surface area (Å²) >= 11 is 1.27. The summed E-state index contributed by atoms with van der Waals surface area (Å²) in [6.07, 6.45) is 3.36. The molecule has 8 nitrogen and oxygen atoms in total. The predicted molar refractivity (Wildman–Crippen MR) is 137 cm³/mol. The number of benzene rings is 2. The van der Waals surface area contributed by atoms with Crippen LogP contribution in [-0.4, -0.2) is 49.4 Å². The highest BCUT2D eigenvalue weighted by Gasteiger charge is 2.20. The van der Waals surface area contributed by atoms with E-state index in [0.29, 0.717) is 23.5 Å². The number of unbranched alkanes of at least 4 members (excludes halogenated alkanes) is 1. The maximum atomic E-state index is 12.9. The van der Waals surface area contributed by atoms with Crippen LogP contribution in [0.1, 0.15) is 47.4 Å². The molecule has 0 radical (unpaired) electrons. The molecule has 3 aromatic rings. The zero-order valence-corrected chi connectivity index (χ0v) is 21.7. The van der Waals surface area contributed by atoms with E-state index in [1.807, 2.05) is 11.5 Å². The Bertz CT molecular complexity index is 1400.